The molecular weight excluding hydrogens is 420 g/mol. The lowest BCUT2D eigenvalue weighted by Crippen LogP contribution is -2.47. The molecule has 2 aliphatic heterocycles. The Hall–Kier alpha value is -2.03. The first-order valence-electron chi connectivity index (χ1n) is 12.2. The molecule has 0 radical (unpaired) electrons. The molecule has 0 aliphatic carbocycles. The Morgan fingerprint density at radius 1 is 1.06 bits per heavy atom. The second kappa shape index (κ2) is 11.2. The van der Waals surface area contributed by atoms with E-state index in [9.17, 15) is 4.79 Å². The molecule has 1 saturated heterocycles. The fourth-order valence-corrected chi connectivity index (χ4v) is 4.95. The topological polar surface area (TPSA) is 65.4 Å². The van der Waals surface area contributed by atoms with E-state index < -0.39 is 0 Å². The average Bonchev–Trinajstić information content (AvgIpc) is 3.04. The molecule has 0 amide bonds. The van der Waals surface area contributed by atoms with Gasteiger partial charge < -0.3 is 20.4 Å². The van der Waals surface area contributed by atoms with E-state index in [1.165, 1.54) is 26.1 Å². The van der Waals surface area contributed by atoms with Crippen LogP contribution in [-0.4, -0.2) is 70.3 Å². The highest BCUT2D eigenvalue weighted by Gasteiger charge is 2.16. The van der Waals surface area contributed by atoms with Crippen molar-refractivity contribution >= 4 is 33.9 Å². The Morgan fingerprint density at radius 3 is 2.62 bits per heavy atom. The van der Waals surface area contributed by atoms with Crippen molar-refractivity contribution in [2.45, 2.75) is 52.0 Å². The number of hydrogen-bond donors (Lipinski definition) is 2. The Bertz CT molecular complexity index is 982. The molecule has 0 spiro atoms. The van der Waals surface area contributed by atoms with Crippen LogP contribution in [0.2, 0.25) is 0 Å². The van der Waals surface area contributed by atoms with E-state index in [0.717, 1.165) is 81.9 Å². The number of aryl methyl sites for hydroxylation is 1. The smallest absolute Gasteiger partial charge is 0.261 e. The van der Waals surface area contributed by atoms with Crippen molar-refractivity contribution in [1.82, 2.24) is 24.7 Å². The van der Waals surface area contributed by atoms with Gasteiger partial charge in [-0.2, -0.15) is 0 Å². The lowest BCUT2D eigenvalue weighted by Gasteiger charge is -2.34. The monoisotopic (exact) mass is 456 g/mol. The molecule has 0 unspecified atom stereocenters. The third-order valence-electron chi connectivity index (χ3n) is 6.51. The molecule has 8 heteroatoms. The number of hydrogen-bond acceptors (Lipinski definition) is 5. The van der Waals surface area contributed by atoms with Gasteiger partial charge in [0.25, 0.3) is 5.56 Å². The van der Waals surface area contributed by atoms with Gasteiger partial charge in [-0.05, 0) is 69.2 Å². The number of aromatic nitrogens is 2. The van der Waals surface area contributed by atoms with Gasteiger partial charge in [-0.15, -0.1) is 0 Å². The number of benzene rings is 1. The van der Waals surface area contributed by atoms with Crippen molar-refractivity contribution in [2.75, 3.05) is 51.1 Å². The molecule has 174 valence electrons. The lowest BCUT2D eigenvalue weighted by atomic mass is 10.2. The van der Waals surface area contributed by atoms with Crippen molar-refractivity contribution < 1.29 is 0 Å². The lowest BCUT2D eigenvalue weighted by molar-refractivity contribution is 0.132. The average molecular weight is 457 g/mol. The summed E-state index contributed by atoms with van der Waals surface area (Å²) in [5.74, 6) is 0.921. The number of rotatable bonds is 7. The van der Waals surface area contributed by atoms with E-state index in [4.69, 9.17) is 17.2 Å². The minimum absolute atomic E-state index is 0.0634. The van der Waals surface area contributed by atoms with Crippen LogP contribution in [0.3, 0.4) is 0 Å². The predicted octanol–water partition coefficient (Wildman–Crippen LogP) is 2.83. The summed E-state index contributed by atoms with van der Waals surface area (Å²) in [4.78, 5) is 22.9. The van der Waals surface area contributed by atoms with Crippen LogP contribution in [-0.2, 0) is 13.0 Å². The van der Waals surface area contributed by atoms with Gasteiger partial charge in [0.15, 0.2) is 5.11 Å². The SMILES string of the molecule is CCCN1CCN(CCCNC(=S)Nc2ccc3nc4n(c(=O)c3c2)CCCCC4)CC1. The first kappa shape index (κ1) is 23.1. The van der Waals surface area contributed by atoms with Crippen LogP contribution in [0, 0.1) is 0 Å². The minimum Gasteiger partial charge on any atom is -0.362 e. The molecule has 0 bridgehead atoms. The van der Waals surface area contributed by atoms with Gasteiger partial charge in [0.2, 0.25) is 0 Å². The molecule has 1 aromatic carbocycles. The van der Waals surface area contributed by atoms with Crippen LogP contribution >= 0.6 is 12.2 Å². The van der Waals surface area contributed by atoms with Crippen LogP contribution in [0.1, 0.15) is 44.9 Å². The van der Waals surface area contributed by atoms with Crippen LogP contribution in [0.4, 0.5) is 5.69 Å². The van der Waals surface area contributed by atoms with Crippen molar-refractivity contribution in [2.24, 2.45) is 0 Å². The van der Waals surface area contributed by atoms with Crippen LogP contribution in [0.25, 0.3) is 10.9 Å². The summed E-state index contributed by atoms with van der Waals surface area (Å²) in [6.45, 7) is 10.8. The normalized spacial score (nSPS) is 17.7. The molecule has 2 aromatic rings. The number of nitrogens with one attached hydrogen (secondary N) is 2. The van der Waals surface area contributed by atoms with Crippen molar-refractivity contribution in [3.8, 4) is 0 Å². The van der Waals surface area contributed by atoms with E-state index in [2.05, 4.69) is 27.4 Å². The Balaban J connectivity index is 1.27. The third kappa shape index (κ3) is 5.85. The zero-order valence-electron chi connectivity index (χ0n) is 19.2. The molecule has 1 aromatic heterocycles. The highest BCUT2D eigenvalue weighted by molar-refractivity contribution is 7.80. The number of nitrogens with zero attached hydrogens (tertiary/aromatic N) is 4. The summed E-state index contributed by atoms with van der Waals surface area (Å²) in [5, 5.41) is 7.80. The molecule has 7 nitrogen and oxygen atoms in total. The third-order valence-corrected chi connectivity index (χ3v) is 6.76. The molecule has 32 heavy (non-hydrogen) atoms. The van der Waals surface area contributed by atoms with Crippen LogP contribution in [0.15, 0.2) is 23.0 Å². The van der Waals surface area contributed by atoms with Gasteiger partial charge in [0.05, 0.1) is 10.9 Å². The summed E-state index contributed by atoms with van der Waals surface area (Å²) in [7, 11) is 0. The van der Waals surface area contributed by atoms with Crippen molar-refractivity contribution in [3.05, 3.63) is 34.4 Å². The second-order valence-corrected chi connectivity index (χ2v) is 9.35. The summed E-state index contributed by atoms with van der Waals surface area (Å²) in [6, 6.07) is 5.75. The quantitative estimate of drug-likeness (QED) is 0.491. The van der Waals surface area contributed by atoms with E-state index >= 15 is 0 Å². The van der Waals surface area contributed by atoms with Gasteiger partial charge in [-0.25, -0.2) is 4.98 Å². The predicted molar refractivity (Wildman–Crippen MR) is 136 cm³/mol. The molecule has 2 aliphatic rings. The van der Waals surface area contributed by atoms with Gasteiger partial charge in [-0.1, -0.05) is 13.3 Å². The fourth-order valence-electron chi connectivity index (χ4n) is 4.73. The van der Waals surface area contributed by atoms with E-state index in [-0.39, 0.29) is 5.56 Å². The maximum atomic E-state index is 13.0. The molecule has 0 saturated carbocycles. The molecule has 4 rings (SSSR count). The van der Waals surface area contributed by atoms with E-state index in [1.807, 2.05) is 22.8 Å². The Kier molecular flexibility index (Phi) is 8.10. The molecule has 3 heterocycles. The standard InChI is InChI=1S/C24H36N6OS/c1-2-11-28-14-16-29(17-15-28)12-6-10-25-24(32)26-19-8-9-21-20(18-19)23(31)30-13-5-3-4-7-22(30)27-21/h8-9,18H,2-7,10-17H2,1H3,(H2,25,26,32). The largest absolute Gasteiger partial charge is 0.362 e. The first-order chi connectivity index (χ1) is 15.6. The summed E-state index contributed by atoms with van der Waals surface area (Å²) in [6.07, 6.45) is 6.48. The number of fused-ring (bicyclic) bond motifs is 2. The Morgan fingerprint density at radius 2 is 1.84 bits per heavy atom. The summed E-state index contributed by atoms with van der Waals surface area (Å²) in [5.41, 5.74) is 1.66. The highest BCUT2D eigenvalue weighted by atomic mass is 32.1. The van der Waals surface area contributed by atoms with E-state index in [1.54, 1.807) is 0 Å². The number of thiocarbonyl (C=S) groups is 1. The minimum atomic E-state index is 0.0634. The van der Waals surface area contributed by atoms with E-state index in [0.29, 0.717) is 10.5 Å². The van der Waals surface area contributed by atoms with Crippen LogP contribution in [0.5, 0.6) is 0 Å². The van der Waals surface area contributed by atoms with Gasteiger partial charge in [0, 0.05) is 51.4 Å². The summed E-state index contributed by atoms with van der Waals surface area (Å²) < 4.78 is 1.86. The maximum Gasteiger partial charge on any atom is 0.261 e. The first-order valence-corrected chi connectivity index (χ1v) is 12.6. The Labute approximate surface area is 196 Å². The zero-order valence-corrected chi connectivity index (χ0v) is 20.1. The molecule has 0 atom stereocenters. The van der Waals surface area contributed by atoms with Gasteiger partial charge in [0.1, 0.15) is 5.82 Å². The molecule has 2 N–H and O–H groups in total. The zero-order chi connectivity index (χ0) is 22.3. The van der Waals surface area contributed by atoms with Crippen molar-refractivity contribution in [1.29, 1.82) is 0 Å². The fraction of sp³-hybridized carbons (Fsp3) is 0.625. The highest BCUT2D eigenvalue weighted by Crippen LogP contribution is 2.18. The number of piperazine rings is 1. The second-order valence-electron chi connectivity index (χ2n) is 8.95. The summed E-state index contributed by atoms with van der Waals surface area (Å²) >= 11 is 5.48. The number of anilines is 1. The van der Waals surface area contributed by atoms with Crippen molar-refractivity contribution in [3.63, 3.8) is 0 Å². The maximum absolute atomic E-state index is 13.0. The van der Waals surface area contributed by atoms with Gasteiger partial charge >= 0.3 is 0 Å². The van der Waals surface area contributed by atoms with Crippen LogP contribution < -0.4 is 16.2 Å². The molecule has 1 fully saturated rings. The molecular formula is C24H36N6OS. The van der Waals surface area contributed by atoms with Gasteiger partial charge in [-0.3, -0.25) is 9.36 Å².